The second-order valence-electron chi connectivity index (χ2n) is 3.95. The van der Waals surface area contributed by atoms with Crippen LogP contribution >= 0.6 is 0 Å². The van der Waals surface area contributed by atoms with E-state index in [1.54, 1.807) is 0 Å². The van der Waals surface area contributed by atoms with Gasteiger partial charge in [-0.05, 0) is 39.2 Å². The molecule has 16 heavy (non-hydrogen) atoms. The molecule has 1 heteroatoms. The fraction of sp³-hybridized carbons (Fsp3) is 0.533. The first-order valence-corrected chi connectivity index (χ1v) is 6.19. The van der Waals surface area contributed by atoms with Crippen molar-refractivity contribution in [1.82, 2.24) is 0 Å². The van der Waals surface area contributed by atoms with Crippen LogP contribution in [0.15, 0.2) is 40.6 Å². The van der Waals surface area contributed by atoms with Crippen LogP contribution in [0, 0.1) is 0 Å². The van der Waals surface area contributed by atoms with Crippen molar-refractivity contribution in [2.75, 3.05) is 0 Å². The summed E-state index contributed by atoms with van der Waals surface area (Å²) >= 11 is 0. The summed E-state index contributed by atoms with van der Waals surface area (Å²) < 4.78 is 0. The molecule has 0 rings (SSSR count). The third-order valence-electron chi connectivity index (χ3n) is 2.42. The number of rotatable bonds is 6. The fourth-order valence-electron chi connectivity index (χ4n) is 1.59. The smallest absolute Gasteiger partial charge is 0.0444 e. The van der Waals surface area contributed by atoms with Crippen LogP contribution in [0.5, 0.6) is 0 Å². The molecule has 0 radical (unpaired) electrons. The highest BCUT2D eigenvalue weighted by Gasteiger charge is 2.01. The maximum absolute atomic E-state index is 4.46. The highest BCUT2D eigenvalue weighted by Crippen LogP contribution is 2.14. The Bertz CT molecular complexity index is 303. The van der Waals surface area contributed by atoms with Gasteiger partial charge in [-0.15, -0.1) is 0 Å². The Morgan fingerprint density at radius 2 is 1.88 bits per heavy atom. The summed E-state index contributed by atoms with van der Waals surface area (Å²) in [6.45, 7) is 10.6. The van der Waals surface area contributed by atoms with E-state index in [-0.39, 0.29) is 0 Å². The third-order valence-corrected chi connectivity index (χ3v) is 2.42. The predicted octanol–water partition coefficient (Wildman–Crippen LogP) is 5.06. The molecule has 0 aliphatic carbocycles. The lowest BCUT2D eigenvalue weighted by Gasteiger charge is -2.07. The van der Waals surface area contributed by atoms with Crippen LogP contribution in [0.25, 0.3) is 0 Å². The number of nitrogens with zero attached hydrogens (tertiary/aromatic N) is 1. The normalized spacial score (nSPS) is 14.9. The molecular weight excluding hydrogens is 194 g/mol. The van der Waals surface area contributed by atoms with Crippen molar-refractivity contribution >= 4 is 5.71 Å². The Morgan fingerprint density at radius 1 is 1.19 bits per heavy atom. The highest BCUT2D eigenvalue weighted by molar-refractivity contribution is 6.01. The Balaban J connectivity index is 4.98. The van der Waals surface area contributed by atoms with Gasteiger partial charge in [-0.3, -0.25) is 4.99 Å². The molecule has 0 aromatic heterocycles. The molecular formula is C15H25N. The average Bonchev–Trinajstić information content (AvgIpc) is 2.26. The molecule has 0 N–H and O–H groups in total. The number of allylic oxidation sites excluding steroid dienone is 5. The molecule has 0 aromatic rings. The predicted molar refractivity (Wildman–Crippen MR) is 75.0 cm³/mol. The summed E-state index contributed by atoms with van der Waals surface area (Å²) in [7, 11) is 0. The summed E-state index contributed by atoms with van der Waals surface area (Å²) in [5.41, 5.74) is 3.81. The molecule has 0 saturated heterocycles. The zero-order valence-electron chi connectivity index (χ0n) is 11.4. The van der Waals surface area contributed by atoms with Gasteiger partial charge in [0.2, 0.25) is 0 Å². The van der Waals surface area contributed by atoms with Crippen molar-refractivity contribution in [3.63, 3.8) is 0 Å². The minimum atomic E-state index is 1.04. The zero-order valence-corrected chi connectivity index (χ0v) is 11.4. The minimum Gasteiger partial charge on any atom is -0.261 e. The van der Waals surface area contributed by atoms with E-state index in [1.165, 1.54) is 17.6 Å². The van der Waals surface area contributed by atoms with E-state index in [1.807, 2.05) is 13.1 Å². The fourth-order valence-corrected chi connectivity index (χ4v) is 1.59. The first-order valence-electron chi connectivity index (χ1n) is 6.19. The van der Waals surface area contributed by atoms with Gasteiger partial charge in [0.25, 0.3) is 0 Å². The topological polar surface area (TPSA) is 12.4 Å². The van der Waals surface area contributed by atoms with E-state index in [9.17, 15) is 0 Å². The van der Waals surface area contributed by atoms with E-state index in [4.69, 9.17) is 0 Å². The van der Waals surface area contributed by atoms with Crippen molar-refractivity contribution < 1.29 is 0 Å². The summed E-state index contributed by atoms with van der Waals surface area (Å²) in [5, 5.41) is 0. The van der Waals surface area contributed by atoms with Gasteiger partial charge >= 0.3 is 0 Å². The Morgan fingerprint density at radius 3 is 2.38 bits per heavy atom. The Labute approximate surface area is 101 Å². The summed E-state index contributed by atoms with van der Waals surface area (Å²) in [6.07, 6.45) is 11.6. The van der Waals surface area contributed by atoms with Gasteiger partial charge < -0.3 is 0 Å². The molecule has 90 valence electrons. The second kappa shape index (κ2) is 9.14. The molecule has 0 fully saturated rings. The summed E-state index contributed by atoms with van der Waals surface area (Å²) in [6, 6.07) is 0. The van der Waals surface area contributed by atoms with Crippen LogP contribution in [-0.4, -0.2) is 5.71 Å². The van der Waals surface area contributed by atoms with E-state index < -0.39 is 0 Å². The van der Waals surface area contributed by atoms with Crippen LogP contribution < -0.4 is 0 Å². The maximum atomic E-state index is 4.46. The molecule has 0 amide bonds. The van der Waals surface area contributed by atoms with Crippen molar-refractivity contribution in [3.05, 3.63) is 35.6 Å². The number of hydrogen-bond donors (Lipinski definition) is 0. The lowest BCUT2D eigenvalue weighted by Crippen LogP contribution is -1.98. The molecule has 0 aliphatic rings. The molecule has 0 unspecified atom stereocenters. The Hall–Kier alpha value is -1.11. The third kappa shape index (κ3) is 5.69. The van der Waals surface area contributed by atoms with Crippen molar-refractivity contribution in [3.8, 4) is 0 Å². The molecule has 0 atom stereocenters. The van der Waals surface area contributed by atoms with Gasteiger partial charge in [-0.25, -0.2) is 0 Å². The van der Waals surface area contributed by atoms with Gasteiger partial charge in [0.1, 0.15) is 0 Å². The van der Waals surface area contributed by atoms with Crippen LogP contribution in [0.3, 0.4) is 0 Å². The van der Waals surface area contributed by atoms with Crippen molar-refractivity contribution in [2.45, 2.75) is 53.9 Å². The number of aliphatic imine (C=N–C) groups is 1. The van der Waals surface area contributed by atoms with Gasteiger partial charge in [-0.1, -0.05) is 44.1 Å². The van der Waals surface area contributed by atoms with E-state index in [0.717, 1.165) is 18.6 Å². The molecule has 0 spiro atoms. The van der Waals surface area contributed by atoms with Crippen LogP contribution in [0.1, 0.15) is 53.9 Å². The van der Waals surface area contributed by atoms with Gasteiger partial charge in [0.05, 0.1) is 0 Å². The standard InChI is InChI=1S/C15H25N/c1-6-9-12-16-14(5)15(11-8-3)13(4)10-7-2/h8-9,11-12H,6-7,10H2,1-5H3/b11-8-,12-9+,15-13+,16-14+. The SMILES string of the molecule is C\C=C/C(C(/C)=N/C=C/CC)=C(/C)CCC. The van der Waals surface area contributed by atoms with Crippen LogP contribution in [0.2, 0.25) is 0 Å². The summed E-state index contributed by atoms with van der Waals surface area (Å²) in [4.78, 5) is 4.46. The van der Waals surface area contributed by atoms with E-state index in [2.05, 4.69) is 50.9 Å². The first-order chi connectivity index (χ1) is 7.67. The van der Waals surface area contributed by atoms with Gasteiger partial charge in [0.15, 0.2) is 0 Å². The average molecular weight is 219 g/mol. The van der Waals surface area contributed by atoms with Crippen molar-refractivity contribution in [2.24, 2.45) is 4.99 Å². The lowest BCUT2D eigenvalue weighted by atomic mass is 10.0. The maximum Gasteiger partial charge on any atom is 0.0444 e. The first kappa shape index (κ1) is 14.9. The largest absolute Gasteiger partial charge is 0.261 e. The second-order valence-corrected chi connectivity index (χ2v) is 3.95. The van der Waals surface area contributed by atoms with E-state index in [0.29, 0.717) is 0 Å². The minimum absolute atomic E-state index is 1.04. The molecule has 0 saturated carbocycles. The monoisotopic (exact) mass is 219 g/mol. The molecule has 0 bridgehead atoms. The molecule has 0 aliphatic heterocycles. The van der Waals surface area contributed by atoms with Crippen LogP contribution in [-0.2, 0) is 0 Å². The lowest BCUT2D eigenvalue weighted by molar-refractivity contribution is 0.901. The van der Waals surface area contributed by atoms with Gasteiger partial charge in [0, 0.05) is 11.9 Å². The number of hydrogen-bond acceptors (Lipinski definition) is 1. The molecule has 1 nitrogen and oxygen atoms in total. The molecule has 0 heterocycles. The molecule has 0 aromatic carbocycles. The van der Waals surface area contributed by atoms with E-state index >= 15 is 0 Å². The Kier molecular flexibility index (Phi) is 8.51. The van der Waals surface area contributed by atoms with Crippen LogP contribution in [0.4, 0.5) is 0 Å². The quantitative estimate of drug-likeness (QED) is 0.437. The zero-order chi connectivity index (χ0) is 12.4. The highest BCUT2D eigenvalue weighted by atomic mass is 14.7. The summed E-state index contributed by atoms with van der Waals surface area (Å²) in [5.74, 6) is 0. The van der Waals surface area contributed by atoms with Gasteiger partial charge in [-0.2, -0.15) is 0 Å². The van der Waals surface area contributed by atoms with Crippen molar-refractivity contribution in [1.29, 1.82) is 0 Å².